The molecule has 0 amide bonds. The summed E-state index contributed by atoms with van der Waals surface area (Å²) in [6.07, 6.45) is 11.9. The summed E-state index contributed by atoms with van der Waals surface area (Å²) in [5.41, 5.74) is 14.7. The molecule has 0 aromatic heterocycles. The first-order valence-electron chi connectivity index (χ1n) is 25.6. The molecule has 4 aliphatic rings. The van der Waals surface area contributed by atoms with Crippen LogP contribution in [0.2, 0.25) is 0 Å². The molecule has 4 heterocycles. The summed E-state index contributed by atoms with van der Waals surface area (Å²) in [4.78, 5) is 53.6. The first-order chi connectivity index (χ1) is 33.2. The summed E-state index contributed by atoms with van der Waals surface area (Å²) in [5.74, 6) is 12.5. The molecular formula is C49H88N4O8S8Y-2. The molecule has 70 heavy (non-hydrogen) atoms. The maximum Gasteiger partial charge on any atom is 0.305 e. The minimum absolute atomic E-state index is 0. The predicted octanol–water partition coefficient (Wildman–Crippen LogP) is 12.8. The zero-order chi connectivity index (χ0) is 50.1. The fourth-order valence-electron chi connectivity index (χ4n) is 7.95. The molecule has 4 rings (SSSR count). The van der Waals surface area contributed by atoms with E-state index in [9.17, 15) is 19.2 Å². The van der Waals surface area contributed by atoms with Crippen molar-refractivity contribution in [1.29, 1.82) is 0 Å². The summed E-state index contributed by atoms with van der Waals surface area (Å²) < 4.78 is 22.4. The van der Waals surface area contributed by atoms with Crippen LogP contribution in [0.4, 0.5) is 0 Å². The zero-order valence-corrected chi connectivity index (χ0v) is 52.5. The molecular weight excluding hydrogens is 1120 g/mol. The second-order valence-electron chi connectivity index (χ2n) is 20.4. The largest absolute Gasteiger partial charge is 0.677 e. The zero-order valence-electron chi connectivity index (χ0n) is 43.2. The molecule has 0 aromatic rings. The molecule has 4 saturated heterocycles. The van der Waals surface area contributed by atoms with Gasteiger partial charge in [-0.05, 0) is 125 Å². The SMILES string of the molecule is CC(C)(C)CCC(=O)OCC(COC(=O)CC[NH-])N(CCCC1CSSC1)CCCC1CSSC1.CC(C)CCC(=O)OCC(COC(=O)CC[NH-])N(CCCC1CSSC1)CCCC1CSSC1.[Y]. The Hall–Kier alpha value is 1.62. The average molecular weight is 1210 g/mol. The van der Waals surface area contributed by atoms with E-state index in [0.29, 0.717) is 18.8 Å². The van der Waals surface area contributed by atoms with Crippen LogP contribution in [-0.2, 0) is 70.8 Å². The topological polar surface area (TPSA) is 159 Å². The fraction of sp³-hybridized carbons (Fsp3) is 0.918. The van der Waals surface area contributed by atoms with Crippen LogP contribution in [0.1, 0.15) is 125 Å². The van der Waals surface area contributed by atoms with Crippen LogP contribution in [0, 0.1) is 35.0 Å². The fourth-order valence-corrected chi connectivity index (χ4v) is 20.1. The third kappa shape index (κ3) is 33.7. The van der Waals surface area contributed by atoms with Gasteiger partial charge in [-0.25, -0.2) is 0 Å². The van der Waals surface area contributed by atoms with E-state index in [2.05, 4.69) is 44.4 Å². The van der Waals surface area contributed by atoms with Gasteiger partial charge in [0, 0.05) is 104 Å². The molecule has 0 aliphatic carbocycles. The van der Waals surface area contributed by atoms with E-state index in [1.54, 1.807) is 0 Å². The number of carbonyl (C=O) groups is 4. The van der Waals surface area contributed by atoms with Gasteiger partial charge in [0.2, 0.25) is 0 Å². The van der Waals surface area contributed by atoms with Crippen molar-refractivity contribution in [2.45, 2.75) is 137 Å². The normalized spacial score (nSPS) is 18.0. The van der Waals surface area contributed by atoms with Crippen LogP contribution < -0.4 is 0 Å². The summed E-state index contributed by atoms with van der Waals surface area (Å²) in [6, 6.07) is -0.264. The summed E-state index contributed by atoms with van der Waals surface area (Å²) >= 11 is 0. The van der Waals surface area contributed by atoms with Gasteiger partial charge >= 0.3 is 23.9 Å². The van der Waals surface area contributed by atoms with Crippen molar-refractivity contribution >= 4 is 110 Å². The summed E-state index contributed by atoms with van der Waals surface area (Å²) in [5, 5.41) is 0. The van der Waals surface area contributed by atoms with Gasteiger partial charge in [0.1, 0.15) is 26.4 Å². The minimum Gasteiger partial charge on any atom is -0.677 e. The summed E-state index contributed by atoms with van der Waals surface area (Å²) in [7, 11) is 15.8. The van der Waals surface area contributed by atoms with Gasteiger partial charge in [-0.2, -0.15) is 0 Å². The molecule has 12 nitrogen and oxygen atoms in total. The van der Waals surface area contributed by atoms with Crippen LogP contribution in [0.25, 0.3) is 11.5 Å². The Kier molecular flexibility index (Phi) is 40.3. The monoisotopic (exact) mass is 1210 g/mol. The Morgan fingerprint density at radius 2 is 0.757 bits per heavy atom. The number of nitrogens with one attached hydrogen (secondary N) is 2. The van der Waals surface area contributed by atoms with Gasteiger partial charge in [-0.1, -0.05) is 121 Å². The van der Waals surface area contributed by atoms with Crippen molar-refractivity contribution in [2.75, 3.05) is 112 Å². The van der Waals surface area contributed by atoms with Crippen molar-refractivity contribution in [3.05, 3.63) is 11.5 Å². The molecule has 4 aliphatic heterocycles. The van der Waals surface area contributed by atoms with Gasteiger partial charge in [-0.3, -0.25) is 29.0 Å². The molecule has 2 N–H and O–H groups in total. The third-order valence-corrected chi connectivity index (χ3v) is 23.2. The molecule has 0 aromatic carbocycles. The molecule has 0 bridgehead atoms. The second-order valence-corrected chi connectivity index (χ2v) is 30.6. The molecule has 2 atom stereocenters. The smallest absolute Gasteiger partial charge is 0.305 e. The van der Waals surface area contributed by atoms with Crippen molar-refractivity contribution in [2.24, 2.45) is 35.0 Å². The van der Waals surface area contributed by atoms with E-state index in [1.165, 1.54) is 71.7 Å². The van der Waals surface area contributed by atoms with Gasteiger partial charge in [0.15, 0.2) is 0 Å². The molecule has 2 unspecified atom stereocenters. The number of esters is 4. The van der Waals surface area contributed by atoms with Crippen molar-refractivity contribution in [3.8, 4) is 0 Å². The number of nitrogens with zero attached hydrogens (tertiary/aromatic N) is 2. The van der Waals surface area contributed by atoms with Gasteiger partial charge < -0.3 is 30.4 Å². The van der Waals surface area contributed by atoms with E-state index >= 15 is 0 Å². The van der Waals surface area contributed by atoms with Crippen LogP contribution in [-0.4, -0.2) is 157 Å². The first kappa shape index (κ1) is 67.7. The number of ether oxygens (including phenoxy) is 4. The quantitative estimate of drug-likeness (QED) is 0.0335. The van der Waals surface area contributed by atoms with Crippen LogP contribution in [0.5, 0.6) is 0 Å². The van der Waals surface area contributed by atoms with E-state index < -0.39 is 0 Å². The maximum atomic E-state index is 12.5. The van der Waals surface area contributed by atoms with E-state index in [1.807, 2.05) is 86.4 Å². The van der Waals surface area contributed by atoms with E-state index in [4.69, 9.17) is 30.4 Å². The van der Waals surface area contributed by atoms with Crippen LogP contribution in [0.3, 0.4) is 0 Å². The first-order valence-corrected chi connectivity index (χ1v) is 35.6. The van der Waals surface area contributed by atoms with Crippen LogP contribution in [0.15, 0.2) is 0 Å². The van der Waals surface area contributed by atoms with Crippen molar-refractivity contribution in [3.63, 3.8) is 0 Å². The standard InChI is InChI=1S/C25H45N2O4S4.C24H43N2O4S4.Y/c1-25(2,3)10-8-23(28)30-14-22(15-31-24(29)9-11-26)27(12-4-6-20-16-32-33-17-20)13-5-7-21-18-34-35-19-21;1-19(2)7-8-23(27)29-13-22(14-30-24(28)9-10-25)26(11-3-5-20-15-31-32-16-20)12-4-6-21-17-33-34-18-21;/h20-22,26H,4-19H2,1-3H3;19-22,25H,3-18H2,1-2H3;/q2*-1;. The van der Waals surface area contributed by atoms with Crippen molar-refractivity contribution < 1.29 is 70.8 Å². The number of rotatable bonds is 35. The van der Waals surface area contributed by atoms with Gasteiger partial charge in [0.25, 0.3) is 0 Å². The molecule has 405 valence electrons. The Morgan fingerprint density at radius 3 is 1.01 bits per heavy atom. The van der Waals surface area contributed by atoms with Gasteiger partial charge in [0.05, 0.1) is 12.1 Å². The molecule has 1 radical (unpaired) electrons. The predicted molar refractivity (Wildman–Crippen MR) is 305 cm³/mol. The summed E-state index contributed by atoms with van der Waals surface area (Å²) in [6.45, 7) is 15.3. The van der Waals surface area contributed by atoms with Crippen LogP contribution >= 0.6 is 86.4 Å². The number of hydrogen-bond donors (Lipinski definition) is 0. The molecule has 0 saturated carbocycles. The van der Waals surface area contributed by atoms with Gasteiger partial charge in [-0.15, -0.1) is 13.1 Å². The Balaban J connectivity index is 0.000000474. The molecule has 21 heteroatoms. The van der Waals surface area contributed by atoms with E-state index in [-0.39, 0.29) is 126 Å². The third-order valence-electron chi connectivity index (χ3n) is 12.4. The molecule has 4 fully saturated rings. The second kappa shape index (κ2) is 41.7. The Bertz CT molecular complexity index is 1350. The average Bonchev–Trinajstić information content (AvgIpc) is 4.18. The number of hydrogen-bond acceptors (Lipinski definition) is 18. The Labute approximate surface area is 481 Å². The number of carbonyl (C=O) groups excluding carboxylic acids is 4. The molecule has 0 spiro atoms. The van der Waals surface area contributed by atoms with Crippen molar-refractivity contribution in [1.82, 2.24) is 9.80 Å². The minimum atomic E-state index is -0.344. The maximum absolute atomic E-state index is 12.5. The Morgan fingerprint density at radius 1 is 0.486 bits per heavy atom. The van der Waals surface area contributed by atoms with E-state index in [0.717, 1.165) is 88.4 Å².